The van der Waals surface area contributed by atoms with E-state index in [1.807, 2.05) is 48.5 Å². The van der Waals surface area contributed by atoms with Gasteiger partial charge in [0.25, 0.3) is 5.84 Å². The molecule has 0 fully saturated rings. The number of para-hydroxylation sites is 2. The maximum Gasteiger partial charge on any atom is 0.408 e. The van der Waals surface area contributed by atoms with E-state index in [9.17, 15) is 4.79 Å². The standard InChI is InChI=1S/C20H12Cl2N2O/c21-15-10-6-11-16(22)18(15)24-19(13-7-2-1-3-8-13)23-17-12-5-4-9-14(17)20(24)25/h1-12H/q+1. The zero-order chi connectivity index (χ0) is 17.4. The number of benzene rings is 3. The Morgan fingerprint density at radius 1 is 0.760 bits per heavy atom. The van der Waals surface area contributed by atoms with Crippen molar-refractivity contribution in [3.8, 4) is 0 Å². The number of aliphatic imine (C=N–C) groups is 1. The first kappa shape index (κ1) is 16.0. The number of amidine groups is 1. The lowest BCUT2D eigenvalue weighted by Crippen LogP contribution is -2.41. The van der Waals surface area contributed by atoms with Crippen molar-refractivity contribution in [2.75, 3.05) is 0 Å². The van der Waals surface area contributed by atoms with Crippen LogP contribution in [0.3, 0.4) is 0 Å². The van der Waals surface area contributed by atoms with Crippen LogP contribution in [0.5, 0.6) is 0 Å². The van der Waals surface area contributed by atoms with Crippen molar-refractivity contribution in [3.05, 3.63) is 94.0 Å². The molecule has 3 aromatic carbocycles. The number of anilines is 1. The molecule has 0 aliphatic carbocycles. The van der Waals surface area contributed by atoms with E-state index in [0.717, 1.165) is 5.56 Å². The lowest BCUT2D eigenvalue weighted by atomic mass is 10.1. The van der Waals surface area contributed by atoms with Crippen molar-refractivity contribution in [2.45, 2.75) is 0 Å². The van der Waals surface area contributed by atoms with E-state index < -0.39 is 0 Å². The van der Waals surface area contributed by atoms with Gasteiger partial charge in [0.2, 0.25) is 5.69 Å². The van der Waals surface area contributed by atoms with E-state index in [4.69, 9.17) is 28.2 Å². The molecule has 25 heavy (non-hydrogen) atoms. The minimum absolute atomic E-state index is 0.209. The van der Waals surface area contributed by atoms with Crippen molar-refractivity contribution in [1.29, 1.82) is 0 Å². The molecule has 5 heteroatoms. The maximum absolute atomic E-state index is 13.2. The molecule has 0 atom stereocenters. The smallest absolute Gasteiger partial charge is 0.219 e. The Balaban J connectivity index is 2.00. The number of halogens is 2. The number of rotatable bonds is 2. The normalized spacial score (nSPS) is 14.2. The fourth-order valence-electron chi connectivity index (χ4n) is 2.82. The van der Waals surface area contributed by atoms with Gasteiger partial charge < -0.3 is 0 Å². The zero-order valence-electron chi connectivity index (χ0n) is 13.0. The van der Waals surface area contributed by atoms with Crippen LogP contribution in [0, 0.1) is 0 Å². The molecule has 0 unspecified atom stereocenters. The summed E-state index contributed by atoms with van der Waals surface area (Å²) in [6.45, 7) is 0. The quantitative estimate of drug-likeness (QED) is 0.536. The van der Waals surface area contributed by atoms with Crippen LogP contribution in [0.4, 0.5) is 11.4 Å². The number of hydrogen-bond acceptors (Lipinski definition) is 2. The van der Waals surface area contributed by atoms with Crippen molar-refractivity contribution in [2.24, 2.45) is 4.99 Å². The lowest BCUT2D eigenvalue weighted by Gasteiger charge is -2.18. The van der Waals surface area contributed by atoms with Gasteiger partial charge >= 0.3 is 5.91 Å². The summed E-state index contributed by atoms with van der Waals surface area (Å²) >= 11 is 12.7. The van der Waals surface area contributed by atoms with Gasteiger partial charge in [-0.05, 0) is 41.3 Å². The lowest BCUT2D eigenvalue weighted by molar-refractivity contribution is 0.0941. The minimum atomic E-state index is -0.209. The second-order valence-electron chi connectivity index (χ2n) is 5.53. The van der Waals surface area contributed by atoms with Crippen LogP contribution in [0.2, 0.25) is 10.0 Å². The van der Waals surface area contributed by atoms with E-state index in [1.54, 1.807) is 24.3 Å². The molecule has 3 aromatic rings. The molecular formula is C20H12Cl2N2O+. The molecule has 4 rings (SSSR count). The number of fused-ring (bicyclic) bond motifs is 1. The molecule has 3 nitrogen and oxygen atoms in total. The Morgan fingerprint density at radius 2 is 1.40 bits per heavy atom. The first-order valence-electron chi connectivity index (χ1n) is 7.68. The van der Waals surface area contributed by atoms with E-state index in [0.29, 0.717) is 32.8 Å². The minimum Gasteiger partial charge on any atom is -0.219 e. The van der Waals surface area contributed by atoms with Gasteiger partial charge in [0, 0.05) is 0 Å². The van der Waals surface area contributed by atoms with Crippen molar-refractivity contribution >= 4 is 46.3 Å². The number of nitrogens with zero attached hydrogens (tertiary/aromatic N) is 2. The highest BCUT2D eigenvalue weighted by molar-refractivity contribution is 6.41. The topological polar surface area (TPSA) is 35.3 Å². The van der Waals surface area contributed by atoms with E-state index in [-0.39, 0.29) is 5.91 Å². The fraction of sp³-hybridized carbons (Fsp3) is 0. The average molecular weight is 367 g/mol. The molecule has 1 amide bonds. The summed E-state index contributed by atoms with van der Waals surface area (Å²) in [4.78, 5) is 19.4. The Labute approximate surface area is 155 Å². The predicted octanol–water partition coefficient (Wildman–Crippen LogP) is 5.70. The molecule has 1 aliphatic rings. The third kappa shape index (κ3) is 2.76. The highest BCUT2D eigenvalue weighted by Gasteiger charge is 2.45. The van der Waals surface area contributed by atoms with E-state index >= 15 is 0 Å². The Morgan fingerprint density at radius 3 is 2.12 bits per heavy atom. The van der Waals surface area contributed by atoms with Gasteiger partial charge in [0.05, 0.1) is 11.3 Å². The highest BCUT2D eigenvalue weighted by Crippen LogP contribution is 2.38. The number of amides is 1. The van der Waals surface area contributed by atoms with E-state index in [2.05, 4.69) is 0 Å². The summed E-state index contributed by atoms with van der Waals surface area (Å²) < 4.78 is 0. The summed E-state index contributed by atoms with van der Waals surface area (Å²) in [6, 6.07) is 21.9. The van der Waals surface area contributed by atoms with Crippen LogP contribution in [-0.2, 0) is 0 Å². The van der Waals surface area contributed by atoms with Gasteiger partial charge in [-0.2, -0.15) is 4.99 Å². The molecular weight excluding hydrogens is 355 g/mol. The Bertz CT molecular complexity index is 979. The van der Waals surface area contributed by atoms with Gasteiger partial charge in [0.1, 0.15) is 15.6 Å². The average Bonchev–Trinajstić information content (AvgIpc) is 2.64. The van der Waals surface area contributed by atoms with Crippen LogP contribution in [0.15, 0.2) is 77.8 Å². The molecule has 0 aromatic heterocycles. The number of carbonyl (C=O) groups excluding carboxylic acids is 1. The second kappa shape index (κ2) is 6.45. The number of carbonyl (C=O) groups is 1. The van der Waals surface area contributed by atoms with Crippen LogP contribution in [0.25, 0.3) is 0 Å². The monoisotopic (exact) mass is 366 g/mol. The fourth-order valence-corrected chi connectivity index (χ4v) is 3.39. The van der Waals surface area contributed by atoms with Crippen molar-refractivity contribution in [1.82, 2.24) is 4.90 Å². The molecule has 0 saturated heterocycles. The molecule has 0 N–H and O–H groups in total. The largest absolute Gasteiger partial charge is 0.408 e. The first-order valence-corrected chi connectivity index (χ1v) is 8.44. The van der Waals surface area contributed by atoms with Crippen LogP contribution >= 0.6 is 23.2 Å². The molecule has 121 valence electrons. The molecule has 0 bridgehead atoms. The maximum atomic E-state index is 13.2. The predicted molar refractivity (Wildman–Crippen MR) is 102 cm³/mol. The van der Waals surface area contributed by atoms with Gasteiger partial charge in [-0.3, -0.25) is 0 Å². The SMILES string of the molecule is O=C1c2ccccc2N=C(c2ccccc2)[N+]1c1c(Cl)cccc1Cl. The van der Waals surface area contributed by atoms with Gasteiger partial charge in [0.15, 0.2) is 0 Å². The van der Waals surface area contributed by atoms with Crippen molar-refractivity contribution < 1.29 is 4.79 Å². The van der Waals surface area contributed by atoms with E-state index in [1.165, 1.54) is 4.90 Å². The Kier molecular flexibility index (Phi) is 4.14. The second-order valence-corrected chi connectivity index (χ2v) is 6.34. The molecule has 0 spiro atoms. The molecule has 1 radical (unpaired) electrons. The first-order chi connectivity index (χ1) is 12.2. The highest BCUT2D eigenvalue weighted by atomic mass is 35.5. The van der Waals surface area contributed by atoms with Crippen LogP contribution in [-0.4, -0.2) is 11.7 Å². The van der Waals surface area contributed by atoms with Gasteiger partial charge in [-0.25, -0.2) is 4.79 Å². The van der Waals surface area contributed by atoms with Crippen LogP contribution in [0.1, 0.15) is 15.9 Å². The zero-order valence-corrected chi connectivity index (χ0v) is 14.5. The molecule has 1 heterocycles. The third-order valence-electron chi connectivity index (χ3n) is 3.97. The summed E-state index contributed by atoms with van der Waals surface area (Å²) in [5.41, 5.74) is 2.39. The number of hydrogen-bond donors (Lipinski definition) is 0. The third-order valence-corrected chi connectivity index (χ3v) is 4.58. The van der Waals surface area contributed by atoms with Crippen molar-refractivity contribution in [3.63, 3.8) is 0 Å². The summed E-state index contributed by atoms with van der Waals surface area (Å²) in [7, 11) is 0. The summed E-state index contributed by atoms with van der Waals surface area (Å²) in [5.74, 6) is 0.291. The van der Waals surface area contributed by atoms with Crippen LogP contribution < -0.4 is 4.90 Å². The van der Waals surface area contributed by atoms with Gasteiger partial charge in [-0.15, -0.1) is 0 Å². The summed E-state index contributed by atoms with van der Waals surface area (Å²) in [5, 5.41) is 0.785. The molecule has 0 saturated carbocycles. The Hall–Kier alpha value is -2.46. The summed E-state index contributed by atoms with van der Waals surface area (Å²) in [6.07, 6.45) is 0. The van der Waals surface area contributed by atoms with Gasteiger partial charge in [-0.1, -0.05) is 59.6 Å². The molecule has 1 aliphatic heterocycles.